The van der Waals surface area contributed by atoms with Crippen LogP contribution in [0.25, 0.3) is 32.2 Å². The number of aliphatic imine (C=N–C) groups is 1. The van der Waals surface area contributed by atoms with Gasteiger partial charge in [0.2, 0.25) is 0 Å². The van der Waals surface area contributed by atoms with Gasteiger partial charge in [-0.25, -0.2) is 18.0 Å². The van der Waals surface area contributed by atoms with Crippen LogP contribution in [0.4, 0.5) is 28.8 Å². The van der Waals surface area contributed by atoms with E-state index in [0.29, 0.717) is 40.9 Å². The van der Waals surface area contributed by atoms with E-state index in [9.17, 15) is 9.18 Å². The lowest BCUT2D eigenvalue weighted by molar-refractivity contribution is 0.0636. The predicted octanol–water partition coefficient (Wildman–Crippen LogP) is 6.61. The van der Waals surface area contributed by atoms with Gasteiger partial charge < -0.3 is 19.5 Å². The van der Waals surface area contributed by atoms with E-state index in [-0.39, 0.29) is 57.7 Å². The summed E-state index contributed by atoms with van der Waals surface area (Å²) in [4.78, 5) is 32.6. The second-order valence-corrected chi connectivity index (χ2v) is 14.4. The van der Waals surface area contributed by atoms with Crippen LogP contribution in [0.2, 0.25) is 0 Å². The van der Waals surface area contributed by atoms with Crippen molar-refractivity contribution in [3.8, 4) is 17.3 Å². The van der Waals surface area contributed by atoms with Crippen LogP contribution < -0.4 is 15.4 Å². The Bertz CT molecular complexity index is 1980. The van der Waals surface area contributed by atoms with E-state index in [1.165, 1.54) is 13.3 Å². The summed E-state index contributed by atoms with van der Waals surface area (Å²) in [6.45, 7) is 6.78. The summed E-state index contributed by atoms with van der Waals surface area (Å²) in [5.74, 6) is -1.00. The number of alkyl halides is 1. The van der Waals surface area contributed by atoms with Crippen molar-refractivity contribution >= 4 is 55.5 Å². The summed E-state index contributed by atoms with van der Waals surface area (Å²) in [5.41, 5.74) is 0.543. The van der Waals surface area contributed by atoms with Crippen LogP contribution in [0.15, 0.2) is 11.2 Å². The average Bonchev–Trinajstić information content (AvgIpc) is 3.79. The van der Waals surface area contributed by atoms with Gasteiger partial charge in [0.25, 0.3) is 0 Å². The van der Waals surface area contributed by atoms with Crippen LogP contribution in [-0.4, -0.2) is 83.3 Å². The number of ether oxygens (including phenoxy) is 3. The third kappa shape index (κ3) is 5.50. The van der Waals surface area contributed by atoms with Crippen molar-refractivity contribution in [3.05, 3.63) is 34.5 Å². The standard InChI is InChI=1S/C33H36F3N7O4S/c1-32(2,3)47-31(44)42-29-17(10-37-4)22-25(39-11-20(35)27(22)48-29)21-18-13-45-14-19(18)23-26(24(21)36)40-30(41-28(23)38-5)46-15-33-7-6-8-43(33)12-16(34)9-33/h10-11,16H,6-9,12-15H2,1-5H3,(H,42,44)(H,38,40,41)/b37-10-/t16-,33+/m1/s1. The maximum Gasteiger partial charge on any atom is 0.412 e. The Morgan fingerprint density at radius 1 is 1.25 bits per heavy atom. The number of amides is 1. The van der Waals surface area contributed by atoms with Gasteiger partial charge in [0.1, 0.15) is 34.7 Å². The van der Waals surface area contributed by atoms with E-state index in [1.807, 2.05) is 0 Å². The molecule has 0 bridgehead atoms. The molecule has 15 heteroatoms. The first-order valence-electron chi connectivity index (χ1n) is 15.8. The molecule has 0 unspecified atom stereocenters. The first-order valence-corrected chi connectivity index (χ1v) is 16.6. The van der Waals surface area contributed by atoms with Crippen molar-refractivity contribution < 1.29 is 32.2 Å². The van der Waals surface area contributed by atoms with E-state index in [1.54, 1.807) is 27.8 Å². The number of benzene rings is 1. The fourth-order valence-electron chi connectivity index (χ4n) is 7.17. The maximum atomic E-state index is 17.1. The van der Waals surface area contributed by atoms with Crippen LogP contribution in [0.5, 0.6) is 6.01 Å². The third-order valence-corrected chi connectivity index (χ3v) is 10.2. The molecule has 4 aromatic rings. The molecule has 6 heterocycles. The summed E-state index contributed by atoms with van der Waals surface area (Å²) in [5, 5.41) is 6.73. The number of anilines is 2. The zero-order valence-corrected chi connectivity index (χ0v) is 28.1. The van der Waals surface area contributed by atoms with Crippen molar-refractivity contribution in [1.82, 2.24) is 19.9 Å². The van der Waals surface area contributed by atoms with Gasteiger partial charge in [0, 0.05) is 49.8 Å². The summed E-state index contributed by atoms with van der Waals surface area (Å²) < 4.78 is 64.5. The van der Waals surface area contributed by atoms with Crippen LogP contribution in [-0.2, 0) is 22.7 Å². The second kappa shape index (κ2) is 12.1. The minimum absolute atomic E-state index is 0.0218. The number of aromatic nitrogens is 3. The first-order chi connectivity index (χ1) is 22.9. The Hall–Kier alpha value is -4.08. The molecule has 0 radical (unpaired) electrons. The molecule has 3 aliphatic rings. The highest BCUT2D eigenvalue weighted by Crippen LogP contribution is 2.47. The Morgan fingerprint density at radius 2 is 2.04 bits per heavy atom. The average molecular weight is 684 g/mol. The van der Waals surface area contributed by atoms with E-state index >= 15 is 8.78 Å². The number of carbonyl (C=O) groups excluding carboxylic acids is 1. The van der Waals surface area contributed by atoms with Gasteiger partial charge >= 0.3 is 12.1 Å². The molecule has 2 N–H and O–H groups in total. The lowest BCUT2D eigenvalue weighted by atomic mass is 9.93. The van der Waals surface area contributed by atoms with Crippen molar-refractivity contribution in [2.45, 2.75) is 70.6 Å². The zero-order valence-electron chi connectivity index (χ0n) is 27.3. The normalized spacial score (nSPS) is 21.0. The number of halogens is 3. The van der Waals surface area contributed by atoms with Gasteiger partial charge in [0.05, 0.1) is 40.7 Å². The highest BCUT2D eigenvalue weighted by atomic mass is 32.1. The second-order valence-electron chi connectivity index (χ2n) is 13.3. The number of nitrogens with one attached hydrogen (secondary N) is 2. The molecule has 2 saturated heterocycles. The zero-order chi connectivity index (χ0) is 34.0. The van der Waals surface area contributed by atoms with Gasteiger partial charge in [-0.05, 0) is 51.3 Å². The summed E-state index contributed by atoms with van der Waals surface area (Å²) >= 11 is 0.972. The van der Waals surface area contributed by atoms with Crippen LogP contribution in [0.3, 0.4) is 0 Å². The molecule has 7 rings (SSSR count). The van der Waals surface area contributed by atoms with Crippen LogP contribution >= 0.6 is 11.3 Å². The lowest BCUT2D eigenvalue weighted by Gasteiger charge is -2.30. The topological polar surface area (TPSA) is 123 Å². The number of hydrogen-bond acceptors (Lipinski definition) is 11. The molecule has 1 aromatic carbocycles. The van der Waals surface area contributed by atoms with Crippen molar-refractivity contribution in [2.75, 3.05) is 44.4 Å². The molecular formula is C33H36F3N7O4S. The van der Waals surface area contributed by atoms with Crippen LogP contribution in [0, 0.1) is 11.6 Å². The molecule has 0 aliphatic carbocycles. The molecule has 2 atom stereocenters. The number of pyridine rings is 1. The monoisotopic (exact) mass is 683 g/mol. The quantitative estimate of drug-likeness (QED) is 0.207. The van der Waals surface area contributed by atoms with E-state index in [0.717, 1.165) is 36.9 Å². The van der Waals surface area contributed by atoms with Gasteiger partial charge in [-0.2, -0.15) is 9.97 Å². The Balaban J connectivity index is 1.38. The Labute approximate surface area is 278 Å². The molecule has 3 aromatic heterocycles. The molecule has 0 saturated carbocycles. The SMILES string of the molecule is C/N=C\c1c(NC(=O)OC(C)(C)C)sc2c(F)cnc(-c3c4c(c5c(NC)nc(OC[C@@]67CCCN6C[C@H](F)C7)nc5c3F)COC4)c12. The molecule has 254 valence electrons. The highest BCUT2D eigenvalue weighted by Gasteiger charge is 2.49. The van der Waals surface area contributed by atoms with Gasteiger partial charge in [-0.3, -0.25) is 20.2 Å². The van der Waals surface area contributed by atoms with E-state index in [2.05, 4.69) is 35.5 Å². The molecule has 1 amide bonds. The largest absolute Gasteiger partial charge is 0.461 e. The fourth-order valence-corrected chi connectivity index (χ4v) is 8.24. The number of rotatable bonds is 7. The van der Waals surface area contributed by atoms with E-state index < -0.39 is 35.0 Å². The number of hydrogen-bond donors (Lipinski definition) is 2. The number of carbonyl (C=O) groups is 1. The maximum absolute atomic E-state index is 17.1. The number of nitrogens with zero attached hydrogens (tertiary/aromatic N) is 5. The van der Waals surface area contributed by atoms with Gasteiger partial charge in [0.15, 0.2) is 11.6 Å². The minimum atomic E-state index is -0.929. The first kappa shape index (κ1) is 32.5. The molecular weight excluding hydrogens is 647 g/mol. The summed E-state index contributed by atoms with van der Waals surface area (Å²) in [6, 6.07) is -0.0468. The van der Waals surface area contributed by atoms with Crippen molar-refractivity contribution in [1.29, 1.82) is 0 Å². The third-order valence-electron chi connectivity index (χ3n) is 9.06. The minimum Gasteiger partial charge on any atom is -0.461 e. The summed E-state index contributed by atoms with van der Waals surface area (Å²) in [6.07, 6.45) is 2.95. The summed E-state index contributed by atoms with van der Waals surface area (Å²) in [7, 11) is 3.21. The molecule has 48 heavy (non-hydrogen) atoms. The molecule has 3 aliphatic heterocycles. The van der Waals surface area contributed by atoms with Crippen molar-refractivity contribution in [2.24, 2.45) is 4.99 Å². The molecule has 2 fully saturated rings. The van der Waals surface area contributed by atoms with Gasteiger partial charge in [-0.15, -0.1) is 11.3 Å². The Morgan fingerprint density at radius 3 is 2.79 bits per heavy atom. The molecule has 0 spiro atoms. The number of thiophene rings is 1. The van der Waals surface area contributed by atoms with Crippen LogP contribution in [0.1, 0.15) is 56.7 Å². The number of fused-ring (bicyclic) bond motifs is 5. The lowest BCUT2D eigenvalue weighted by Crippen LogP contribution is -2.43. The highest BCUT2D eigenvalue weighted by molar-refractivity contribution is 7.23. The molecule has 11 nitrogen and oxygen atoms in total. The van der Waals surface area contributed by atoms with Crippen molar-refractivity contribution in [3.63, 3.8) is 0 Å². The smallest absolute Gasteiger partial charge is 0.412 e. The Kier molecular flexibility index (Phi) is 8.19. The van der Waals surface area contributed by atoms with E-state index in [4.69, 9.17) is 14.2 Å². The predicted molar refractivity (Wildman–Crippen MR) is 178 cm³/mol. The van der Waals surface area contributed by atoms with Gasteiger partial charge in [-0.1, -0.05) is 0 Å². The fraction of sp³-hybridized carbons (Fsp3) is 0.485.